The summed E-state index contributed by atoms with van der Waals surface area (Å²) in [5.41, 5.74) is 2.66. The van der Waals surface area contributed by atoms with Crippen molar-refractivity contribution in [3.63, 3.8) is 0 Å². The van der Waals surface area contributed by atoms with E-state index in [0.717, 1.165) is 42.6 Å². The molecule has 6 heteroatoms. The number of hydrogen-bond donors (Lipinski definition) is 1. The predicted molar refractivity (Wildman–Crippen MR) is 133 cm³/mol. The molecular weight excluding hydrogens is 422 g/mol. The topological polar surface area (TPSA) is 52.7 Å². The van der Waals surface area contributed by atoms with Crippen LogP contribution in [0.3, 0.4) is 0 Å². The Labute approximate surface area is 196 Å². The summed E-state index contributed by atoms with van der Waals surface area (Å²) in [6.07, 6.45) is 8.34. The molecule has 1 heterocycles. The van der Waals surface area contributed by atoms with E-state index in [1.807, 2.05) is 53.4 Å². The molecule has 1 aliphatic rings. The normalized spacial score (nSPS) is 14.1. The van der Waals surface area contributed by atoms with Crippen LogP contribution in [0.5, 0.6) is 0 Å². The first-order valence-corrected chi connectivity index (χ1v) is 11.8. The zero-order valence-corrected chi connectivity index (χ0v) is 19.5. The van der Waals surface area contributed by atoms with Crippen molar-refractivity contribution in [1.82, 2.24) is 4.90 Å². The summed E-state index contributed by atoms with van der Waals surface area (Å²) in [4.78, 5) is 28.6. The lowest BCUT2D eigenvalue weighted by Gasteiger charge is -2.36. The molecule has 0 saturated carbocycles. The number of amides is 2. The van der Waals surface area contributed by atoms with E-state index in [0.29, 0.717) is 37.6 Å². The number of benzene rings is 2. The molecule has 0 radical (unpaired) electrons. The number of hydrogen-bond acceptors (Lipinski definition) is 3. The Balaban J connectivity index is 1.49. The van der Waals surface area contributed by atoms with Crippen molar-refractivity contribution in [3.8, 4) is 0 Å². The van der Waals surface area contributed by atoms with Gasteiger partial charge in [0, 0.05) is 44.4 Å². The molecule has 32 heavy (non-hydrogen) atoms. The molecule has 0 aliphatic carbocycles. The Morgan fingerprint density at radius 1 is 1.00 bits per heavy atom. The SMILES string of the molecule is CCCCCCC(=O)Nc1ccc(N2CCN(C(=O)/C=C/c3ccccc3)CC2)c(Cl)c1. The van der Waals surface area contributed by atoms with Crippen LogP contribution in [0, 0.1) is 0 Å². The fourth-order valence-corrected chi connectivity index (χ4v) is 4.08. The zero-order chi connectivity index (χ0) is 22.8. The van der Waals surface area contributed by atoms with Crippen LogP contribution in [-0.4, -0.2) is 42.9 Å². The molecule has 2 amide bonds. The van der Waals surface area contributed by atoms with Crippen molar-refractivity contribution in [3.05, 3.63) is 65.2 Å². The van der Waals surface area contributed by atoms with Crippen LogP contribution in [0.2, 0.25) is 5.02 Å². The second-order valence-corrected chi connectivity index (χ2v) is 8.49. The van der Waals surface area contributed by atoms with E-state index >= 15 is 0 Å². The summed E-state index contributed by atoms with van der Waals surface area (Å²) in [5, 5.41) is 3.55. The van der Waals surface area contributed by atoms with Crippen molar-refractivity contribution in [2.75, 3.05) is 36.4 Å². The van der Waals surface area contributed by atoms with E-state index in [-0.39, 0.29) is 11.8 Å². The van der Waals surface area contributed by atoms with Gasteiger partial charge in [-0.1, -0.05) is 68.1 Å². The van der Waals surface area contributed by atoms with Crippen LogP contribution >= 0.6 is 11.6 Å². The maximum atomic E-state index is 12.5. The van der Waals surface area contributed by atoms with Gasteiger partial charge in [-0.05, 0) is 36.3 Å². The van der Waals surface area contributed by atoms with Crippen molar-refractivity contribution in [2.45, 2.75) is 39.0 Å². The van der Waals surface area contributed by atoms with Gasteiger partial charge in [-0.2, -0.15) is 0 Å². The van der Waals surface area contributed by atoms with Crippen molar-refractivity contribution >= 4 is 40.9 Å². The van der Waals surface area contributed by atoms with Crippen molar-refractivity contribution in [1.29, 1.82) is 0 Å². The molecule has 5 nitrogen and oxygen atoms in total. The van der Waals surface area contributed by atoms with Gasteiger partial charge in [0.15, 0.2) is 0 Å². The molecule has 0 bridgehead atoms. The predicted octanol–water partition coefficient (Wildman–Crippen LogP) is 5.61. The zero-order valence-electron chi connectivity index (χ0n) is 18.7. The number of nitrogens with one attached hydrogen (secondary N) is 1. The second-order valence-electron chi connectivity index (χ2n) is 8.08. The Hall–Kier alpha value is -2.79. The van der Waals surface area contributed by atoms with Gasteiger partial charge in [0.2, 0.25) is 11.8 Å². The van der Waals surface area contributed by atoms with E-state index in [4.69, 9.17) is 11.6 Å². The number of unbranched alkanes of at least 4 members (excludes halogenated alkanes) is 3. The van der Waals surface area contributed by atoms with E-state index in [1.54, 1.807) is 12.1 Å². The van der Waals surface area contributed by atoms with Crippen molar-refractivity contribution in [2.24, 2.45) is 0 Å². The van der Waals surface area contributed by atoms with Gasteiger partial charge < -0.3 is 15.1 Å². The Bertz CT molecular complexity index is 922. The summed E-state index contributed by atoms with van der Waals surface area (Å²) < 4.78 is 0. The lowest BCUT2D eigenvalue weighted by atomic mass is 10.1. The molecule has 1 fully saturated rings. The molecule has 2 aromatic carbocycles. The van der Waals surface area contributed by atoms with E-state index in [2.05, 4.69) is 17.1 Å². The Morgan fingerprint density at radius 3 is 2.44 bits per heavy atom. The highest BCUT2D eigenvalue weighted by Gasteiger charge is 2.21. The van der Waals surface area contributed by atoms with Gasteiger partial charge in [0.1, 0.15) is 0 Å². The standard InChI is InChI=1S/C26H32ClN3O2/c1-2-3-4-8-11-25(31)28-22-13-14-24(23(27)20-22)29-16-18-30(19-17-29)26(32)15-12-21-9-6-5-7-10-21/h5-7,9-10,12-15,20H,2-4,8,11,16-19H2,1H3,(H,28,31)/b15-12+. The highest BCUT2D eigenvalue weighted by molar-refractivity contribution is 6.33. The fraction of sp³-hybridized carbons (Fsp3) is 0.385. The van der Waals surface area contributed by atoms with Crippen LogP contribution in [0.1, 0.15) is 44.6 Å². The molecule has 0 aromatic heterocycles. The molecule has 0 unspecified atom stereocenters. The first-order chi connectivity index (χ1) is 15.6. The average Bonchev–Trinajstić information content (AvgIpc) is 2.81. The molecule has 1 aliphatic heterocycles. The van der Waals surface area contributed by atoms with Gasteiger partial charge in [-0.25, -0.2) is 0 Å². The second kappa shape index (κ2) is 12.3. The number of piperazine rings is 1. The lowest BCUT2D eigenvalue weighted by molar-refractivity contribution is -0.126. The van der Waals surface area contributed by atoms with Gasteiger partial charge in [-0.15, -0.1) is 0 Å². The third-order valence-corrected chi connectivity index (χ3v) is 5.94. The summed E-state index contributed by atoms with van der Waals surface area (Å²) in [6.45, 7) is 4.88. The van der Waals surface area contributed by atoms with E-state index in [9.17, 15) is 9.59 Å². The number of carbonyl (C=O) groups is 2. The summed E-state index contributed by atoms with van der Waals surface area (Å²) >= 11 is 6.52. The molecule has 1 N–H and O–H groups in total. The van der Waals surface area contributed by atoms with Crippen molar-refractivity contribution < 1.29 is 9.59 Å². The lowest BCUT2D eigenvalue weighted by Crippen LogP contribution is -2.48. The van der Waals surface area contributed by atoms with E-state index in [1.165, 1.54) is 0 Å². The van der Waals surface area contributed by atoms with Gasteiger partial charge in [-0.3, -0.25) is 9.59 Å². The Kier molecular flexibility index (Phi) is 9.17. The third-order valence-electron chi connectivity index (χ3n) is 5.64. The largest absolute Gasteiger partial charge is 0.367 e. The minimum atomic E-state index is 0.0246. The smallest absolute Gasteiger partial charge is 0.246 e. The molecule has 170 valence electrons. The highest BCUT2D eigenvalue weighted by atomic mass is 35.5. The van der Waals surface area contributed by atoms with Crippen LogP contribution in [0.25, 0.3) is 6.08 Å². The fourth-order valence-electron chi connectivity index (χ4n) is 3.78. The Morgan fingerprint density at radius 2 is 1.75 bits per heavy atom. The third kappa shape index (κ3) is 7.13. The summed E-state index contributed by atoms with van der Waals surface area (Å²) in [6, 6.07) is 15.5. The van der Waals surface area contributed by atoms with Crippen LogP contribution in [0.15, 0.2) is 54.6 Å². The van der Waals surface area contributed by atoms with Crippen LogP contribution in [-0.2, 0) is 9.59 Å². The number of halogens is 1. The van der Waals surface area contributed by atoms with Gasteiger partial charge in [0.25, 0.3) is 0 Å². The minimum absolute atomic E-state index is 0.0246. The number of nitrogens with zero attached hydrogens (tertiary/aromatic N) is 2. The molecule has 1 saturated heterocycles. The monoisotopic (exact) mass is 453 g/mol. The highest BCUT2D eigenvalue weighted by Crippen LogP contribution is 2.30. The molecular formula is C26H32ClN3O2. The molecule has 2 aromatic rings. The number of anilines is 2. The van der Waals surface area contributed by atoms with Crippen LogP contribution in [0.4, 0.5) is 11.4 Å². The summed E-state index contributed by atoms with van der Waals surface area (Å²) in [5.74, 6) is 0.0530. The van der Waals surface area contributed by atoms with Crippen LogP contribution < -0.4 is 10.2 Å². The molecule has 3 rings (SSSR count). The maximum Gasteiger partial charge on any atom is 0.246 e. The quantitative estimate of drug-likeness (QED) is 0.396. The van der Waals surface area contributed by atoms with E-state index < -0.39 is 0 Å². The number of rotatable bonds is 9. The first-order valence-electron chi connectivity index (χ1n) is 11.4. The maximum absolute atomic E-state index is 12.5. The van der Waals surface area contributed by atoms with Gasteiger partial charge in [0.05, 0.1) is 10.7 Å². The summed E-state index contributed by atoms with van der Waals surface area (Å²) in [7, 11) is 0. The molecule has 0 spiro atoms. The molecule has 0 atom stereocenters. The minimum Gasteiger partial charge on any atom is -0.367 e. The first kappa shape index (κ1) is 23.9. The average molecular weight is 454 g/mol. The van der Waals surface area contributed by atoms with Gasteiger partial charge >= 0.3 is 0 Å². The number of carbonyl (C=O) groups excluding carboxylic acids is 2.